The summed E-state index contributed by atoms with van der Waals surface area (Å²) in [7, 11) is 0. The van der Waals surface area contributed by atoms with Crippen molar-refractivity contribution in [2.45, 2.75) is 31.2 Å². The van der Waals surface area contributed by atoms with E-state index in [4.69, 9.17) is 0 Å². The van der Waals surface area contributed by atoms with Crippen LogP contribution in [0.1, 0.15) is 29.2 Å². The van der Waals surface area contributed by atoms with Crippen molar-refractivity contribution in [3.8, 4) is 0 Å². The lowest BCUT2D eigenvalue weighted by Crippen LogP contribution is -2.40. The molecule has 1 nitrogen and oxygen atoms in total. The van der Waals surface area contributed by atoms with Gasteiger partial charge in [-0.15, -0.1) is 11.3 Å². The molecule has 106 valence electrons. The molecule has 0 saturated heterocycles. The predicted octanol–water partition coefficient (Wildman–Crippen LogP) is 5.35. The molecule has 0 amide bonds. The van der Waals surface area contributed by atoms with E-state index in [-0.39, 0.29) is 0 Å². The highest BCUT2D eigenvalue weighted by Crippen LogP contribution is 2.37. The number of nitrogens with one attached hydrogen (secondary N) is 1. The third-order valence-corrected chi connectivity index (χ3v) is 6.12. The Morgan fingerprint density at radius 1 is 1.05 bits per heavy atom. The van der Waals surface area contributed by atoms with E-state index < -0.39 is 0 Å². The Kier molecular flexibility index (Phi) is 4.97. The topological polar surface area (TPSA) is 12.0 Å². The van der Waals surface area contributed by atoms with Gasteiger partial charge in [-0.05, 0) is 70.9 Å². The van der Waals surface area contributed by atoms with Crippen molar-refractivity contribution in [1.29, 1.82) is 0 Å². The van der Waals surface area contributed by atoms with Gasteiger partial charge in [-0.3, -0.25) is 0 Å². The Morgan fingerprint density at radius 2 is 1.80 bits per heavy atom. The molecule has 0 atom stereocenters. The van der Waals surface area contributed by atoms with E-state index in [9.17, 15) is 0 Å². The van der Waals surface area contributed by atoms with Crippen LogP contribution in [0.4, 0.5) is 0 Å². The maximum Gasteiger partial charge on any atom is 0.0701 e. The van der Waals surface area contributed by atoms with Gasteiger partial charge in [0.15, 0.2) is 0 Å². The SMILES string of the molecule is Brc1ccc(C2CC(NCCc3ccc(Br)s3)C2)cc1. The van der Waals surface area contributed by atoms with Crippen molar-refractivity contribution < 1.29 is 0 Å². The van der Waals surface area contributed by atoms with E-state index in [2.05, 4.69) is 73.6 Å². The number of benzene rings is 1. The van der Waals surface area contributed by atoms with Crippen LogP contribution in [-0.2, 0) is 6.42 Å². The van der Waals surface area contributed by atoms with Crippen molar-refractivity contribution in [2.75, 3.05) is 6.54 Å². The van der Waals surface area contributed by atoms with Gasteiger partial charge in [-0.25, -0.2) is 0 Å². The van der Waals surface area contributed by atoms with Crippen LogP contribution in [-0.4, -0.2) is 12.6 Å². The minimum Gasteiger partial charge on any atom is -0.314 e. The first kappa shape index (κ1) is 14.8. The minimum atomic E-state index is 0.701. The number of hydrogen-bond donors (Lipinski definition) is 1. The molecule has 1 saturated carbocycles. The normalized spacial score (nSPS) is 21.7. The largest absolute Gasteiger partial charge is 0.314 e. The second-order valence-electron chi connectivity index (χ2n) is 5.33. The lowest BCUT2D eigenvalue weighted by molar-refractivity contribution is 0.293. The average molecular weight is 415 g/mol. The molecular weight excluding hydrogens is 398 g/mol. The summed E-state index contributed by atoms with van der Waals surface area (Å²) >= 11 is 8.84. The molecule has 1 aliphatic carbocycles. The highest BCUT2D eigenvalue weighted by atomic mass is 79.9. The molecular formula is C16H17Br2NS. The van der Waals surface area contributed by atoms with Gasteiger partial charge in [-0.1, -0.05) is 28.1 Å². The molecule has 0 unspecified atom stereocenters. The zero-order chi connectivity index (χ0) is 13.9. The third kappa shape index (κ3) is 3.73. The smallest absolute Gasteiger partial charge is 0.0701 e. The van der Waals surface area contributed by atoms with E-state index >= 15 is 0 Å². The summed E-state index contributed by atoms with van der Waals surface area (Å²) < 4.78 is 2.39. The molecule has 2 aromatic rings. The van der Waals surface area contributed by atoms with Crippen LogP contribution in [0.25, 0.3) is 0 Å². The van der Waals surface area contributed by atoms with Gasteiger partial charge in [0.05, 0.1) is 3.79 Å². The fourth-order valence-electron chi connectivity index (χ4n) is 2.68. The first-order valence-corrected chi connectivity index (χ1v) is 9.34. The van der Waals surface area contributed by atoms with Crippen molar-refractivity contribution in [2.24, 2.45) is 0 Å². The second kappa shape index (κ2) is 6.73. The Morgan fingerprint density at radius 3 is 2.45 bits per heavy atom. The molecule has 1 fully saturated rings. The summed E-state index contributed by atoms with van der Waals surface area (Å²) in [4.78, 5) is 1.45. The Labute approximate surface area is 141 Å². The fraction of sp³-hybridized carbons (Fsp3) is 0.375. The molecule has 0 spiro atoms. The van der Waals surface area contributed by atoms with Crippen molar-refractivity contribution in [1.82, 2.24) is 5.32 Å². The van der Waals surface area contributed by atoms with Gasteiger partial charge in [0.2, 0.25) is 0 Å². The molecule has 1 aromatic carbocycles. The number of hydrogen-bond acceptors (Lipinski definition) is 2. The fourth-order valence-corrected chi connectivity index (χ4v) is 4.42. The van der Waals surface area contributed by atoms with Crippen LogP contribution < -0.4 is 5.32 Å². The van der Waals surface area contributed by atoms with E-state index in [1.807, 2.05) is 11.3 Å². The van der Waals surface area contributed by atoms with Gasteiger partial charge in [0.25, 0.3) is 0 Å². The molecule has 3 rings (SSSR count). The molecule has 1 N–H and O–H groups in total. The summed E-state index contributed by atoms with van der Waals surface area (Å²) in [5.74, 6) is 0.747. The van der Waals surface area contributed by atoms with Crippen molar-refractivity contribution >= 4 is 43.2 Å². The minimum absolute atomic E-state index is 0.701. The molecule has 4 heteroatoms. The molecule has 0 bridgehead atoms. The summed E-state index contributed by atoms with van der Waals surface area (Å²) in [6.07, 6.45) is 3.68. The van der Waals surface area contributed by atoms with Gasteiger partial charge < -0.3 is 5.32 Å². The molecule has 0 radical (unpaired) electrons. The second-order valence-corrected chi connectivity index (χ2v) is 8.79. The predicted molar refractivity (Wildman–Crippen MR) is 93.6 cm³/mol. The average Bonchev–Trinajstić information content (AvgIpc) is 2.80. The first-order valence-electron chi connectivity index (χ1n) is 6.94. The van der Waals surface area contributed by atoms with E-state index in [0.29, 0.717) is 6.04 Å². The number of rotatable bonds is 5. The maximum absolute atomic E-state index is 3.67. The number of halogens is 2. The Hall–Kier alpha value is -0.160. The number of thiophene rings is 1. The highest BCUT2D eigenvalue weighted by Gasteiger charge is 2.29. The molecule has 0 aliphatic heterocycles. The van der Waals surface area contributed by atoms with E-state index in [1.54, 1.807) is 0 Å². The van der Waals surface area contributed by atoms with Crippen LogP contribution in [0.5, 0.6) is 0 Å². The van der Waals surface area contributed by atoms with Gasteiger partial charge in [-0.2, -0.15) is 0 Å². The van der Waals surface area contributed by atoms with Crippen LogP contribution in [0.2, 0.25) is 0 Å². The monoisotopic (exact) mass is 413 g/mol. The van der Waals surface area contributed by atoms with Gasteiger partial charge >= 0.3 is 0 Å². The standard InChI is InChI=1S/C16H17Br2NS/c17-13-3-1-11(2-4-13)12-9-14(10-12)19-8-7-15-5-6-16(18)20-15/h1-6,12,14,19H,7-10H2. The Balaban J connectivity index is 1.39. The molecule has 1 aliphatic rings. The van der Waals surface area contributed by atoms with E-state index in [0.717, 1.165) is 23.4 Å². The van der Waals surface area contributed by atoms with Crippen molar-refractivity contribution in [3.63, 3.8) is 0 Å². The zero-order valence-electron chi connectivity index (χ0n) is 11.1. The summed E-state index contributed by atoms with van der Waals surface area (Å²) in [6, 6.07) is 13.8. The highest BCUT2D eigenvalue weighted by molar-refractivity contribution is 9.11. The summed E-state index contributed by atoms with van der Waals surface area (Å²) in [5.41, 5.74) is 1.48. The summed E-state index contributed by atoms with van der Waals surface area (Å²) in [5, 5.41) is 3.67. The molecule has 20 heavy (non-hydrogen) atoms. The van der Waals surface area contributed by atoms with Crippen LogP contribution >= 0.6 is 43.2 Å². The Bertz CT molecular complexity index is 558. The lowest BCUT2D eigenvalue weighted by Gasteiger charge is -2.36. The van der Waals surface area contributed by atoms with Crippen LogP contribution in [0, 0.1) is 0 Å². The quantitative estimate of drug-likeness (QED) is 0.694. The third-order valence-electron chi connectivity index (χ3n) is 3.91. The maximum atomic E-state index is 3.67. The van der Waals surface area contributed by atoms with Crippen LogP contribution in [0.15, 0.2) is 44.7 Å². The van der Waals surface area contributed by atoms with E-state index in [1.165, 1.54) is 27.1 Å². The van der Waals surface area contributed by atoms with Crippen molar-refractivity contribution in [3.05, 3.63) is 55.1 Å². The van der Waals surface area contributed by atoms with Gasteiger partial charge in [0, 0.05) is 21.9 Å². The first-order chi connectivity index (χ1) is 9.70. The van der Waals surface area contributed by atoms with Crippen LogP contribution in [0.3, 0.4) is 0 Å². The zero-order valence-corrected chi connectivity index (χ0v) is 15.1. The molecule has 1 heterocycles. The van der Waals surface area contributed by atoms with Gasteiger partial charge in [0.1, 0.15) is 0 Å². The lowest BCUT2D eigenvalue weighted by atomic mass is 9.76. The molecule has 1 aromatic heterocycles. The summed E-state index contributed by atoms with van der Waals surface area (Å²) in [6.45, 7) is 1.09.